The fourth-order valence-electron chi connectivity index (χ4n) is 2.12. The molecular weight excluding hydrogens is 356 g/mol. The third-order valence-corrected chi connectivity index (χ3v) is 5.05. The first-order valence-electron chi connectivity index (χ1n) is 7.86. The van der Waals surface area contributed by atoms with Gasteiger partial charge >= 0.3 is 0 Å². The van der Waals surface area contributed by atoms with E-state index in [0.29, 0.717) is 10.7 Å². The van der Waals surface area contributed by atoms with E-state index in [1.807, 2.05) is 45.0 Å². The van der Waals surface area contributed by atoms with Gasteiger partial charge in [-0.25, -0.2) is 0 Å². The number of nitrogens with one attached hydrogen (secondary N) is 2. The van der Waals surface area contributed by atoms with Gasteiger partial charge in [0.2, 0.25) is 11.8 Å². The highest BCUT2D eigenvalue weighted by molar-refractivity contribution is 8.00. The molecule has 0 spiro atoms. The Morgan fingerprint density at radius 1 is 0.840 bits per heavy atom. The molecule has 0 aliphatic heterocycles. The van der Waals surface area contributed by atoms with E-state index in [2.05, 4.69) is 10.6 Å². The van der Waals surface area contributed by atoms with Crippen LogP contribution in [0.1, 0.15) is 16.7 Å². The van der Waals surface area contributed by atoms with Crippen molar-refractivity contribution in [3.63, 3.8) is 0 Å². The molecule has 132 valence electrons. The highest BCUT2D eigenvalue weighted by Gasteiger charge is 2.08. The van der Waals surface area contributed by atoms with Crippen molar-refractivity contribution in [1.29, 1.82) is 0 Å². The summed E-state index contributed by atoms with van der Waals surface area (Å²) in [5.74, 6) is 0.129. The zero-order chi connectivity index (χ0) is 18.4. The van der Waals surface area contributed by atoms with Crippen LogP contribution in [-0.4, -0.2) is 23.3 Å². The van der Waals surface area contributed by atoms with E-state index < -0.39 is 0 Å². The summed E-state index contributed by atoms with van der Waals surface area (Å²) in [6.45, 7) is 5.93. The molecule has 0 atom stereocenters. The summed E-state index contributed by atoms with van der Waals surface area (Å²) in [6, 6.07) is 11.1. The molecule has 0 bridgehead atoms. The molecule has 0 radical (unpaired) electrons. The molecule has 0 saturated carbocycles. The molecule has 4 nitrogen and oxygen atoms in total. The maximum atomic E-state index is 11.9. The third kappa shape index (κ3) is 6.11. The topological polar surface area (TPSA) is 58.2 Å². The van der Waals surface area contributed by atoms with E-state index in [4.69, 9.17) is 11.6 Å². The van der Waals surface area contributed by atoms with Crippen LogP contribution in [0.5, 0.6) is 0 Å². The summed E-state index contributed by atoms with van der Waals surface area (Å²) < 4.78 is 0. The first-order valence-corrected chi connectivity index (χ1v) is 9.39. The van der Waals surface area contributed by atoms with Gasteiger partial charge in [-0.2, -0.15) is 0 Å². The number of hydrogen-bond acceptors (Lipinski definition) is 3. The van der Waals surface area contributed by atoms with Crippen LogP contribution >= 0.6 is 23.4 Å². The van der Waals surface area contributed by atoms with Crippen molar-refractivity contribution < 1.29 is 9.59 Å². The lowest BCUT2D eigenvalue weighted by Crippen LogP contribution is -2.18. The first-order chi connectivity index (χ1) is 11.8. The quantitative estimate of drug-likeness (QED) is 0.776. The number of benzene rings is 2. The molecule has 0 heterocycles. The van der Waals surface area contributed by atoms with Crippen LogP contribution < -0.4 is 10.6 Å². The summed E-state index contributed by atoms with van der Waals surface area (Å²) in [5.41, 5.74) is 4.69. The Bertz CT molecular complexity index is 727. The number of halogens is 1. The zero-order valence-corrected chi connectivity index (χ0v) is 16.1. The first kappa shape index (κ1) is 19.3. The molecule has 0 aliphatic carbocycles. The summed E-state index contributed by atoms with van der Waals surface area (Å²) in [7, 11) is 0. The van der Waals surface area contributed by atoms with Gasteiger partial charge < -0.3 is 10.6 Å². The molecule has 2 aromatic carbocycles. The summed E-state index contributed by atoms with van der Waals surface area (Å²) in [4.78, 5) is 23.9. The lowest BCUT2D eigenvalue weighted by Gasteiger charge is -2.08. The van der Waals surface area contributed by atoms with Crippen LogP contribution in [0.25, 0.3) is 0 Å². The molecule has 6 heteroatoms. The molecule has 2 amide bonds. The fourth-order valence-corrected chi connectivity index (χ4v) is 2.92. The average Bonchev–Trinajstić information content (AvgIpc) is 2.54. The minimum atomic E-state index is -0.163. The van der Waals surface area contributed by atoms with E-state index in [1.54, 1.807) is 12.1 Å². The van der Waals surface area contributed by atoms with Crippen LogP contribution in [0.4, 0.5) is 11.4 Å². The highest BCUT2D eigenvalue weighted by Crippen LogP contribution is 2.20. The minimum absolute atomic E-state index is 0.126. The monoisotopic (exact) mass is 376 g/mol. The number of carbonyl (C=O) groups excluding carboxylic acids is 2. The number of thioether (sulfide) groups is 1. The normalized spacial score (nSPS) is 10.4. The molecule has 2 rings (SSSR count). The SMILES string of the molecule is Cc1ccc(NC(=O)CSCC(=O)Nc2ccc(C)c(Cl)c2)cc1C. The predicted octanol–water partition coefficient (Wildman–Crippen LogP) is 4.58. The third-order valence-electron chi connectivity index (χ3n) is 3.71. The van der Waals surface area contributed by atoms with Gasteiger partial charge in [-0.15, -0.1) is 11.8 Å². The average molecular weight is 377 g/mol. The van der Waals surface area contributed by atoms with Gasteiger partial charge in [0.1, 0.15) is 0 Å². The summed E-state index contributed by atoms with van der Waals surface area (Å²) >= 11 is 7.30. The second-order valence-electron chi connectivity index (χ2n) is 5.85. The number of anilines is 2. The van der Waals surface area contributed by atoms with Gasteiger partial charge in [0.05, 0.1) is 11.5 Å². The van der Waals surface area contributed by atoms with Gasteiger partial charge in [-0.05, 0) is 61.7 Å². The maximum absolute atomic E-state index is 11.9. The van der Waals surface area contributed by atoms with Crippen molar-refractivity contribution in [3.8, 4) is 0 Å². The molecule has 25 heavy (non-hydrogen) atoms. The number of carbonyl (C=O) groups is 2. The van der Waals surface area contributed by atoms with E-state index in [9.17, 15) is 9.59 Å². The molecular formula is C19H21ClN2O2S. The Kier molecular flexibility index (Phi) is 6.91. The standard InChI is InChI=1S/C19H21ClN2O2S/c1-12-4-6-15(8-14(12)3)21-18(23)10-25-11-19(24)22-16-7-5-13(2)17(20)9-16/h4-9H,10-11H2,1-3H3,(H,21,23)(H,22,24). The van der Waals surface area contributed by atoms with Crippen LogP contribution in [0.2, 0.25) is 5.02 Å². The van der Waals surface area contributed by atoms with Gasteiger partial charge in [0.15, 0.2) is 0 Å². The molecule has 0 saturated heterocycles. The minimum Gasteiger partial charge on any atom is -0.325 e. The van der Waals surface area contributed by atoms with Crippen molar-refractivity contribution >= 4 is 46.6 Å². The van der Waals surface area contributed by atoms with Crippen LogP contribution in [0.15, 0.2) is 36.4 Å². The second kappa shape index (κ2) is 8.92. The van der Waals surface area contributed by atoms with Crippen LogP contribution in [0, 0.1) is 20.8 Å². The number of rotatable bonds is 6. The van der Waals surface area contributed by atoms with Gasteiger partial charge in [0.25, 0.3) is 0 Å². The Labute approximate surface area is 157 Å². The second-order valence-corrected chi connectivity index (χ2v) is 7.24. The summed E-state index contributed by atoms with van der Waals surface area (Å²) in [6.07, 6.45) is 0. The maximum Gasteiger partial charge on any atom is 0.234 e. The van der Waals surface area contributed by atoms with Gasteiger partial charge in [0, 0.05) is 16.4 Å². The molecule has 0 aliphatic rings. The number of amides is 2. The molecule has 0 aromatic heterocycles. The lowest BCUT2D eigenvalue weighted by molar-refractivity contribution is -0.114. The zero-order valence-electron chi connectivity index (χ0n) is 14.5. The lowest BCUT2D eigenvalue weighted by atomic mass is 10.1. The van der Waals surface area contributed by atoms with E-state index in [-0.39, 0.29) is 23.3 Å². The van der Waals surface area contributed by atoms with Crippen molar-refractivity contribution in [3.05, 3.63) is 58.1 Å². The smallest absolute Gasteiger partial charge is 0.234 e. The van der Waals surface area contributed by atoms with Crippen molar-refractivity contribution in [2.45, 2.75) is 20.8 Å². The van der Waals surface area contributed by atoms with Crippen molar-refractivity contribution in [2.24, 2.45) is 0 Å². The largest absolute Gasteiger partial charge is 0.325 e. The van der Waals surface area contributed by atoms with Crippen LogP contribution in [0.3, 0.4) is 0 Å². The van der Waals surface area contributed by atoms with Gasteiger partial charge in [-0.3, -0.25) is 9.59 Å². The Morgan fingerprint density at radius 2 is 1.36 bits per heavy atom. The fraction of sp³-hybridized carbons (Fsp3) is 0.263. The van der Waals surface area contributed by atoms with E-state index in [0.717, 1.165) is 16.8 Å². The van der Waals surface area contributed by atoms with Crippen LogP contribution in [-0.2, 0) is 9.59 Å². The predicted molar refractivity (Wildman–Crippen MR) is 107 cm³/mol. The van der Waals surface area contributed by atoms with E-state index in [1.165, 1.54) is 17.3 Å². The molecule has 0 fully saturated rings. The Morgan fingerprint density at radius 3 is 1.88 bits per heavy atom. The molecule has 0 unspecified atom stereocenters. The highest BCUT2D eigenvalue weighted by atomic mass is 35.5. The van der Waals surface area contributed by atoms with Crippen molar-refractivity contribution in [2.75, 3.05) is 22.1 Å². The van der Waals surface area contributed by atoms with E-state index >= 15 is 0 Å². The Balaban J connectivity index is 1.75. The Hall–Kier alpha value is -1.98. The number of aryl methyl sites for hydroxylation is 3. The summed E-state index contributed by atoms with van der Waals surface area (Å²) in [5, 5.41) is 6.22. The van der Waals surface area contributed by atoms with Crippen molar-refractivity contribution in [1.82, 2.24) is 0 Å². The van der Waals surface area contributed by atoms with Gasteiger partial charge in [-0.1, -0.05) is 23.7 Å². The molecule has 2 N–H and O–H groups in total. The number of hydrogen-bond donors (Lipinski definition) is 2. The molecule has 2 aromatic rings.